The van der Waals surface area contributed by atoms with E-state index in [1.54, 1.807) is 11.8 Å². The molecule has 138 valence electrons. The van der Waals surface area contributed by atoms with Gasteiger partial charge in [-0.15, -0.1) is 22.0 Å². The fourth-order valence-electron chi connectivity index (χ4n) is 2.16. The standard InChI is InChI=1S/C17H13ClN4O3S2/c18-14-7-6-12(22(24)25)8-13(14)16(23)19-17-21-20-15(27-17)10-26-9-11-4-2-1-3-5-11/h1-8H,9-10H2,(H,19,21,23). The maximum Gasteiger partial charge on any atom is 0.270 e. The van der Waals surface area contributed by atoms with Crippen molar-refractivity contribution in [2.24, 2.45) is 0 Å². The van der Waals surface area contributed by atoms with Crippen molar-refractivity contribution in [2.45, 2.75) is 11.5 Å². The van der Waals surface area contributed by atoms with Gasteiger partial charge in [-0.3, -0.25) is 20.2 Å². The second-order valence-electron chi connectivity index (χ2n) is 5.35. The monoisotopic (exact) mass is 420 g/mol. The zero-order chi connectivity index (χ0) is 19.2. The van der Waals surface area contributed by atoms with Crippen molar-refractivity contribution in [3.8, 4) is 0 Å². The highest BCUT2D eigenvalue weighted by Crippen LogP contribution is 2.25. The largest absolute Gasteiger partial charge is 0.296 e. The molecule has 1 amide bonds. The number of nitrogens with zero attached hydrogens (tertiary/aromatic N) is 3. The number of non-ortho nitro benzene ring substituents is 1. The number of hydrogen-bond acceptors (Lipinski definition) is 7. The average molecular weight is 421 g/mol. The first-order valence-electron chi connectivity index (χ1n) is 7.72. The molecule has 0 unspecified atom stereocenters. The first-order valence-corrected chi connectivity index (χ1v) is 10.1. The third-order valence-corrected chi connectivity index (χ3v) is 5.80. The van der Waals surface area contributed by atoms with Gasteiger partial charge in [0.05, 0.1) is 15.5 Å². The topological polar surface area (TPSA) is 98.0 Å². The highest BCUT2D eigenvalue weighted by Gasteiger charge is 2.17. The number of rotatable bonds is 7. The summed E-state index contributed by atoms with van der Waals surface area (Å²) in [4.78, 5) is 22.6. The maximum atomic E-state index is 12.3. The number of amides is 1. The molecule has 0 saturated carbocycles. The van der Waals surface area contributed by atoms with Crippen LogP contribution in [0.1, 0.15) is 20.9 Å². The van der Waals surface area contributed by atoms with Crippen molar-refractivity contribution < 1.29 is 9.72 Å². The third-order valence-electron chi connectivity index (χ3n) is 3.43. The van der Waals surface area contributed by atoms with E-state index in [9.17, 15) is 14.9 Å². The quantitative estimate of drug-likeness (QED) is 0.436. The molecule has 7 nitrogen and oxygen atoms in total. The molecule has 3 aromatic rings. The number of carbonyl (C=O) groups excluding carboxylic acids is 1. The van der Waals surface area contributed by atoms with Gasteiger partial charge < -0.3 is 0 Å². The summed E-state index contributed by atoms with van der Waals surface area (Å²) in [5, 5.41) is 22.7. The summed E-state index contributed by atoms with van der Waals surface area (Å²) < 4.78 is 0. The Morgan fingerprint density at radius 1 is 1.19 bits per heavy atom. The zero-order valence-corrected chi connectivity index (χ0v) is 16.2. The van der Waals surface area contributed by atoms with Gasteiger partial charge in [0.25, 0.3) is 11.6 Å². The predicted octanol–water partition coefficient (Wildman–Crippen LogP) is 4.79. The Kier molecular flexibility index (Phi) is 6.38. The fourth-order valence-corrected chi connectivity index (χ4v) is 4.14. The minimum absolute atomic E-state index is 0.0149. The number of thioether (sulfide) groups is 1. The highest BCUT2D eigenvalue weighted by molar-refractivity contribution is 7.97. The zero-order valence-electron chi connectivity index (χ0n) is 13.8. The maximum absolute atomic E-state index is 12.3. The van der Waals surface area contributed by atoms with Crippen molar-refractivity contribution in [3.05, 3.63) is 79.8 Å². The van der Waals surface area contributed by atoms with Crippen LogP contribution in [-0.4, -0.2) is 21.0 Å². The summed E-state index contributed by atoms with van der Waals surface area (Å²) in [6, 6.07) is 13.8. The van der Waals surface area contributed by atoms with E-state index < -0.39 is 10.8 Å². The molecule has 0 saturated heterocycles. The molecule has 10 heteroatoms. The Morgan fingerprint density at radius 2 is 1.96 bits per heavy atom. The Balaban J connectivity index is 1.59. The number of aromatic nitrogens is 2. The third kappa shape index (κ3) is 5.25. The van der Waals surface area contributed by atoms with E-state index in [-0.39, 0.29) is 16.3 Å². The average Bonchev–Trinajstić information content (AvgIpc) is 3.10. The van der Waals surface area contributed by atoms with Gasteiger partial charge in [0, 0.05) is 23.6 Å². The second kappa shape index (κ2) is 8.94. The van der Waals surface area contributed by atoms with Crippen LogP contribution in [0.4, 0.5) is 10.8 Å². The second-order valence-corrected chi connectivity index (χ2v) is 7.81. The Hall–Kier alpha value is -2.49. The Labute approximate surface area is 167 Å². The number of nitro groups is 1. The molecule has 0 aliphatic heterocycles. The van der Waals surface area contributed by atoms with Gasteiger partial charge in [-0.2, -0.15) is 0 Å². The number of anilines is 1. The summed E-state index contributed by atoms with van der Waals surface area (Å²) in [5.74, 6) is 0.953. The molecule has 0 bridgehead atoms. The molecular formula is C17H13ClN4O3S2. The van der Waals surface area contributed by atoms with Crippen LogP contribution in [0.25, 0.3) is 0 Å². The molecule has 1 N–H and O–H groups in total. The van der Waals surface area contributed by atoms with Crippen molar-refractivity contribution in [3.63, 3.8) is 0 Å². The van der Waals surface area contributed by atoms with Gasteiger partial charge in [0.15, 0.2) is 0 Å². The normalized spacial score (nSPS) is 10.6. The van der Waals surface area contributed by atoms with Gasteiger partial charge in [-0.05, 0) is 11.6 Å². The van der Waals surface area contributed by atoms with Crippen molar-refractivity contribution in [2.75, 3.05) is 5.32 Å². The molecule has 1 heterocycles. The summed E-state index contributed by atoms with van der Waals surface area (Å²) in [6.45, 7) is 0. The minimum Gasteiger partial charge on any atom is -0.296 e. The van der Waals surface area contributed by atoms with Gasteiger partial charge in [-0.25, -0.2) is 0 Å². The van der Waals surface area contributed by atoms with Crippen LogP contribution >= 0.6 is 34.7 Å². The van der Waals surface area contributed by atoms with Crippen LogP contribution in [0, 0.1) is 10.1 Å². The fraction of sp³-hybridized carbons (Fsp3) is 0.118. The van der Waals surface area contributed by atoms with E-state index in [1.165, 1.54) is 29.0 Å². The molecular weight excluding hydrogens is 408 g/mol. The summed E-state index contributed by atoms with van der Waals surface area (Å²) in [6.07, 6.45) is 0. The van der Waals surface area contributed by atoms with Crippen LogP contribution < -0.4 is 5.32 Å². The number of carbonyl (C=O) groups is 1. The molecule has 0 radical (unpaired) electrons. The smallest absolute Gasteiger partial charge is 0.270 e. The van der Waals surface area contributed by atoms with Gasteiger partial charge in [-0.1, -0.05) is 53.3 Å². The van der Waals surface area contributed by atoms with Gasteiger partial charge in [0.1, 0.15) is 5.01 Å². The molecule has 1 aromatic heterocycles. The minimum atomic E-state index is -0.583. The number of hydrogen-bond donors (Lipinski definition) is 1. The van der Waals surface area contributed by atoms with Gasteiger partial charge in [0.2, 0.25) is 5.13 Å². The van der Waals surface area contributed by atoms with E-state index in [0.29, 0.717) is 10.9 Å². The molecule has 0 spiro atoms. The molecule has 0 aliphatic carbocycles. The summed E-state index contributed by atoms with van der Waals surface area (Å²) in [7, 11) is 0. The number of nitrogens with one attached hydrogen (secondary N) is 1. The van der Waals surface area contributed by atoms with Crippen LogP contribution in [-0.2, 0) is 11.5 Å². The molecule has 3 rings (SSSR count). The van der Waals surface area contributed by atoms with E-state index in [1.807, 2.05) is 18.2 Å². The lowest BCUT2D eigenvalue weighted by atomic mass is 10.2. The summed E-state index contributed by atoms with van der Waals surface area (Å²) in [5.41, 5.74) is 1.03. The van der Waals surface area contributed by atoms with Crippen LogP contribution in [0.3, 0.4) is 0 Å². The van der Waals surface area contributed by atoms with Crippen molar-refractivity contribution in [1.82, 2.24) is 10.2 Å². The lowest BCUT2D eigenvalue weighted by Crippen LogP contribution is -2.12. The molecule has 0 fully saturated rings. The van der Waals surface area contributed by atoms with E-state index in [2.05, 4.69) is 27.6 Å². The summed E-state index contributed by atoms with van der Waals surface area (Å²) >= 11 is 8.92. The SMILES string of the molecule is O=C(Nc1nnc(CSCc2ccccc2)s1)c1cc([N+](=O)[O-])ccc1Cl. The van der Waals surface area contributed by atoms with Gasteiger partial charge >= 0.3 is 0 Å². The number of halogens is 1. The van der Waals surface area contributed by atoms with Crippen LogP contribution in [0.2, 0.25) is 5.02 Å². The highest BCUT2D eigenvalue weighted by atomic mass is 35.5. The lowest BCUT2D eigenvalue weighted by Gasteiger charge is -2.03. The first-order chi connectivity index (χ1) is 13.0. The Bertz CT molecular complexity index is 966. The van der Waals surface area contributed by atoms with E-state index in [0.717, 1.165) is 16.8 Å². The molecule has 0 aliphatic rings. The first kappa shape index (κ1) is 19.3. The van der Waals surface area contributed by atoms with E-state index >= 15 is 0 Å². The molecule has 2 aromatic carbocycles. The van der Waals surface area contributed by atoms with Crippen LogP contribution in [0.15, 0.2) is 48.5 Å². The molecule has 0 atom stereocenters. The number of nitro benzene ring substituents is 1. The predicted molar refractivity (Wildman–Crippen MR) is 107 cm³/mol. The number of benzene rings is 2. The molecule has 27 heavy (non-hydrogen) atoms. The van der Waals surface area contributed by atoms with E-state index in [4.69, 9.17) is 11.6 Å². The lowest BCUT2D eigenvalue weighted by molar-refractivity contribution is -0.384. The van der Waals surface area contributed by atoms with Crippen LogP contribution in [0.5, 0.6) is 0 Å². The van der Waals surface area contributed by atoms with Crippen molar-refractivity contribution >= 4 is 51.4 Å². The van der Waals surface area contributed by atoms with Crippen molar-refractivity contribution in [1.29, 1.82) is 0 Å². The Morgan fingerprint density at radius 3 is 2.70 bits per heavy atom.